The molecule has 114 valence electrons. The fraction of sp³-hybridized carbons (Fsp3) is 0.500. The van der Waals surface area contributed by atoms with E-state index in [1.807, 2.05) is 13.8 Å². The Labute approximate surface area is 125 Å². The van der Waals surface area contributed by atoms with Gasteiger partial charge in [0.2, 0.25) is 0 Å². The maximum Gasteiger partial charge on any atom is 0.399 e. The first-order chi connectivity index (χ1) is 9.13. The van der Waals surface area contributed by atoms with Crippen LogP contribution in [0.1, 0.15) is 25.0 Å². The molecule has 4 nitrogen and oxygen atoms in total. The lowest BCUT2D eigenvalue weighted by Gasteiger charge is -2.21. The van der Waals surface area contributed by atoms with Gasteiger partial charge in [-0.05, 0) is 24.7 Å². The van der Waals surface area contributed by atoms with Crippen LogP contribution in [-0.2, 0) is 16.8 Å². The van der Waals surface area contributed by atoms with E-state index in [0.29, 0.717) is 6.54 Å². The molecular weight excluding hydrogens is 355 g/mol. The van der Waals surface area contributed by atoms with Crippen LogP contribution in [0.2, 0.25) is 0 Å². The molecule has 1 rings (SSSR count). The Kier molecular flexibility index (Phi) is 5.87. The van der Waals surface area contributed by atoms with E-state index in [1.54, 1.807) is 0 Å². The van der Waals surface area contributed by atoms with Crippen molar-refractivity contribution in [3.05, 3.63) is 33.8 Å². The molecule has 1 aromatic carbocycles. The van der Waals surface area contributed by atoms with Gasteiger partial charge in [-0.3, -0.25) is 9.46 Å². The quantitative estimate of drug-likeness (QED) is 0.751. The number of halogens is 3. The monoisotopic (exact) mass is 371 g/mol. The van der Waals surface area contributed by atoms with Crippen LogP contribution in [0.3, 0.4) is 0 Å². The van der Waals surface area contributed by atoms with Gasteiger partial charge in [0.25, 0.3) is 0 Å². The van der Waals surface area contributed by atoms with Gasteiger partial charge in [0.1, 0.15) is 0 Å². The predicted octanol–water partition coefficient (Wildman–Crippen LogP) is 3.52. The minimum absolute atomic E-state index is 0.00418. The van der Waals surface area contributed by atoms with E-state index >= 15 is 0 Å². The van der Waals surface area contributed by atoms with Gasteiger partial charge in [-0.1, -0.05) is 41.9 Å². The van der Waals surface area contributed by atoms with Gasteiger partial charge in [0.15, 0.2) is 0 Å². The van der Waals surface area contributed by atoms with Crippen LogP contribution in [0.5, 0.6) is 0 Å². The Morgan fingerprint density at radius 3 is 2.25 bits per heavy atom. The second kappa shape index (κ2) is 6.62. The van der Waals surface area contributed by atoms with E-state index in [2.05, 4.69) is 20.8 Å². The van der Waals surface area contributed by atoms with Crippen LogP contribution in [0.15, 0.2) is 22.7 Å². The molecule has 0 saturated carbocycles. The summed E-state index contributed by atoms with van der Waals surface area (Å²) in [6.45, 7) is 6.24. The first kappa shape index (κ1) is 17.7. The fourth-order valence-corrected chi connectivity index (χ4v) is 3.10. The molecule has 20 heavy (non-hydrogen) atoms. The molecule has 0 heterocycles. The Morgan fingerprint density at radius 1 is 1.30 bits per heavy atom. The first-order valence-corrected chi connectivity index (χ1v) is 8.48. The summed E-state index contributed by atoms with van der Waals surface area (Å²) >= 11 is 2.97. The molecule has 0 bridgehead atoms. The van der Waals surface area contributed by atoms with Gasteiger partial charge in [-0.2, -0.15) is 8.78 Å². The molecule has 0 aliphatic carbocycles. The molecule has 0 amide bonds. The number of hydrogen-bond acceptors (Lipinski definition) is 2. The van der Waals surface area contributed by atoms with E-state index in [1.165, 1.54) is 12.1 Å². The van der Waals surface area contributed by atoms with Crippen molar-refractivity contribution < 1.29 is 23.1 Å². The Bertz CT molecular complexity index is 517. The smallest absolute Gasteiger partial charge is 0.320 e. The molecule has 0 aliphatic heterocycles. The average Bonchev–Trinajstić information content (AvgIpc) is 2.34. The SMILES string of the molecule is CCN(CC)Cc1ccc(C(F)(F)P(=O)(O)O)c(Br)c1. The van der Waals surface area contributed by atoms with Crippen LogP contribution in [0.4, 0.5) is 8.78 Å². The Morgan fingerprint density at radius 2 is 1.85 bits per heavy atom. The highest BCUT2D eigenvalue weighted by molar-refractivity contribution is 9.10. The van der Waals surface area contributed by atoms with Crippen molar-refractivity contribution in [2.45, 2.75) is 26.1 Å². The van der Waals surface area contributed by atoms with Crippen molar-refractivity contribution in [3.8, 4) is 0 Å². The van der Waals surface area contributed by atoms with E-state index in [9.17, 15) is 13.3 Å². The van der Waals surface area contributed by atoms with Gasteiger partial charge < -0.3 is 9.79 Å². The first-order valence-electron chi connectivity index (χ1n) is 6.08. The van der Waals surface area contributed by atoms with Crippen LogP contribution < -0.4 is 0 Å². The minimum Gasteiger partial charge on any atom is -0.320 e. The van der Waals surface area contributed by atoms with E-state index in [-0.39, 0.29) is 4.47 Å². The molecule has 0 radical (unpaired) electrons. The van der Waals surface area contributed by atoms with Crippen molar-refractivity contribution in [2.24, 2.45) is 0 Å². The molecule has 8 heteroatoms. The van der Waals surface area contributed by atoms with Crippen molar-refractivity contribution in [1.82, 2.24) is 4.90 Å². The summed E-state index contributed by atoms with van der Waals surface area (Å²) in [6.07, 6.45) is 0. The van der Waals surface area contributed by atoms with Crippen LogP contribution in [0.25, 0.3) is 0 Å². The molecule has 0 atom stereocenters. The summed E-state index contributed by atoms with van der Waals surface area (Å²) < 4.78 is 38.2. The zero-order chi connectivity index (χ0) is 15.6. The lowest BCUT2D eigenvalue weighted by molar-refractivity contribution is 0.0557. The second-order valence-corrected chi connectivity index (χ2v) is 6.86. The third-order valence-corrected chi connectivity index (χ3v) is 4.65. The van der Waals surface area contributed by atoms with E-state index in [4.69, 9.17) is 9.79 Å². The van der Waals surface area contributed by atoms with E-state index < -0.39 is 18.8 Å². The zero-order valence-electron chi connectivity index (χ0n) is 11.2. The highest BCUT2D eigenvalue weighted by Gasteiger charge is 2.51. The molecule has 0 aliphatic rings. The van der Waals surface area contributed by atoms with Gasteiger partial charge in [-0.15, -0.1) is 0 Å². The minimum atomic E-state index is -5.55. The number of hydrogen-bond donors (Lipinski definition) is 2. The van der Waals surface area contributed by atoms with Crippen molar-refractivity contribution in [1.29, 1.82) is 0 Å². The predicted molar refractivity (Wildman–Crippen MR) is 76.7 cm³/mol. The summed E-state index contributed by atoms with van der Waals surface area (Å²) in [4.78, 5) is 19.6. The Balaban J connectivity index is 3.09. The lowest BCUT2D eigenvalue weighted by Crippen LogP contribution is -2.22. The van der Waals surface area contributed by atoms with Crippen molar-refractivity contribution in [2.75, 3.05) is 13.1 Å². The summed E-state index contributed by atoms with van der Waals surface area (Å²) in [6, 6.07) is 3.99. The maximum absolute atomic E-state index is 13.6. The summed E-state index contributed by atoms with van der Waals surface area (Å²) in [7, 11) is -5.55. The van der Waals surface area contributed by atoms with Gasteiger partial charge in [-0.25, -0.2) is 0 Å². The molecule has 1 aromatic rings. The number of rotatable bonds is 6. The Hall–Kier alpha value is -0.330. The van der Waals surface area contributed by atoms with Crippen LogP contribution in [0, 0.1) is 0 Å². The number of alkyl halides is 2. The van der Waals surface area contributed by atoms with E-state index in [0.717, 1.165) is 24.7 Å². The molecule has 0 saturated heterocycles. The topological polar surface area (TPSA) is 60.8 Å². The summed E-state index contributed by atoms with van der Waals surface area (Å²) in [5.74, 6) is 0. The standard InChI is InChI=1S/C12H17BrF2NO3P/c1-3-16(4-2)8-9-5-6-10(11(13)7-9)12(14,15)20(17,18)19/h5-7H,3-4,8H2,1-2H3,(H2,17,18,19). The van der Waals surface area contributed by atoms with Crippen LogP contribution in [-0.4, -0.2) is 27.8 Å². The molecule has 0 spiro atoms. The van der Waals surface area contributed by atoms with Crippen molar-refractivity contribution >= 4 is 23.5 Å². The van der Waals surface area contributed by atoms with Crippen LogP contribution >= 0.6 is 23.5 Å². The largest absolute Gasteiger partial charge is 0.399 e. The zero-order valence-corrected chi connectivity index (χ0v) is 13.7. The molecule has 0 aromatic heterocycles. The summed E-state index contributed by atoms with van der Waals surface area (Å²) in [5.41, 5.74) is -4.10. The third kappa shape index (κ3) is 3.86. The van der Waals surface area contributed by atoms with Gasteiger partial charge in [0.05, 0.1) is 0 Å². The normalized spacial score (nSPS) is 13.0. The average molecular weight is 372 g/mol. The molecule has 2 N–H and O–H groups in total. The molecule has 0 unspecified atom stereocenters. The number of nitrogens with zero attached hydrogens (tertiary/aromatic N) is 1. The fourth-order valence-electron chi connectivity index (χ4n) is 1.76. The highest BCUT2D eigenvalue weighted by atomic mass is 79.9. The molecule has 0 fully saturated rings. The van der Waals surface area contributed by atoms with Gasteiger partial charge >= 0.3 is 13.3 Å². The molecular formula is C12H17BrF2NO3P. The second-order valence-electron chi connectivity index (χ2n) is 4.36. The highest BCUT2D eigenvalue weighted by Crippen LogP contribution is 2.60. The summed E-state index contributed by atoms with van der Waals surface area (Å²) in [5, 5.41) is 0. The maximum atomic E-state index is 13.6. The number of benzene rings is 1. The lowest BCUT2D eigenvalue weighted by atomic mass is 10.1. The van der Waals surface area contributed by atoms with Crippen molar-refractivity contribution in [3.63, 3.8) is 0 Å². The van der Waals surface area contributed by atoms with Gasteiger partial charge in [0, 0.05) is 16.6 Å². The third-order valence-electron chi connectivity index (χ3n) is 3.02.